The van der Waals surface area contributed by atoms with Crippen LogP contribution in [0.5, 0.6) is 0 Å². The standard InChI is InChI=1S/C28H33BrN2O3Si/c1-27(2,3)35(21-11-7-5-8-12-21,22-13-9-6-10-14-22)34-28(15-16-28)19-31-25-23(29)17-20(18-24(25)30)26(32)33-4/h5-14,17-18,31H,15-16,19,30H2,1-4H3. The minimum absolute atomic E-state index is 0.0902. The van der Waals surface area contributed by atoms with E-state index in [4.69, 9.17) is 14.9 Å². The fraction of sp³-hybridized carbons (Fsp3) is 0.321. The van der Waals surface area contributed by atoms with E-state index < -0.39 is 14.3 Å². The molecule has 0 saturated heterocycles. The Morgan fingerprint density at radius 2 is 1.57 bits per heavy atom. The van der Waals surface area contributed by atoms with Crippen molar-refractivity contribution >= 4 is 52.0 Å². The van der Waals surface area contributed by atoms with Crippen molar-refractivity contribution in [2.24, 2.45) is 0 Å². The lowest BCUT2D eigenvalue weighted by atomic mass is 10.1. The molecule has 4 rings (SSSR count). The van der Waals surface area contributed by atoms with Gasteiger partial charge in [0.05, 0.1) is 29.6 Å². The van der Waals surface area contributed by atoms with Crippen LogP contribution in [0.4, 0.5) is 11.4 Å². The molecule has 1 saturated carbocycles. The number of hydrogen-bond acceptors (Lipinski definition) is 5. The molecule has 0 radical (unpaired) electrons. The summed E-state index contributed by atoms with van der Waals surface area (Å²) in [5.41, 5.74) is 7.67. The highest BCUT2D eigenvalue weighted by atomic mass is 79.9. The Labute approximate surface area is 217 Å². The van der Waals surface area contributed by atoms with E-state index in [0.29, 0.717) is 17.8 Å². The van der Waals surface area contributed by atoms with Crippen molar-refractivity contribution in [3.8, 4) is 0 Å². The van der Waals surface area contributed by atoms with Crippen molar-refractivity contribution in [2.75, 3.05) is 24.7 Å². The van der Waals surface area contributed by atoms with Crippen molar-refractivity contribution in [3.05, 3.63) is 82.8 Å². The number of esters is 1. The van der Waals surface area contributed by atoms with Gasteiger partial charge in [0.2, 0.25) is 0 Å². The van der Waals surface area contributed by atoms with Crippen molar-refractivity contribution in [1.29, 1.82) is 0 Å². The molecule has 35 heavy (non-hydrogen) atoms. The van der Waals surface area contributed by atoms with Gasteiger partial charge in [0.25, 0.3) is 8.32 Å². The summed E-state index contributed by atoms with van der Waals surface area (Å²) in [6.07, 6.45) is 1.95. The van der Waals surface area contributed by atoms with Crippen LogP contribution in [-0.2, 0) is 9.16 Å². The number of nitrogen functional groups attached to an aromatic ring is 1. The van der Waals surface area contributed by atoms with Crippen LogP contribution in [-0.4, -0.2) is 33.5 Å². The molecule has 0 amide bonds. The number of benzene rings is 3. The molecule has 0 atom stereocenters. The fourth-order valence-electron chi connectivity index (χ4n) is 4.73. The number of rotatable bonds is 8. The van der Waals surface area contributed by atoms with Crippen LogP contribution in [0.3, 0.4) is 0 Å². The van der Waals surface area contributed by atoms with E-state index >= 15 is 0 Å². The molecule has 0 heterocycles. The molecule has 0 aromatic heterocycles. The first kappa shape index (κ1) is 25.5. The molecule has 3 N–H and O–H groups in total. The average molecular weight is 554 g/mol. The first-order chi connectivity index (χ1) is 16.6. The van der Waals surface area contributed by atoms with Gasteiger partial charge in [0.15, 0.2) is 0 Å². The second-order valence-corrected chi connectivity index (χ2v) is 15.3. The third kappa shape index (κ3) is 5.03. The Hall–Kier alpha value is -2.61. The van der Waals surface area contributed by atoms with Crippen molar-refractivity contribution < 1.29 is 14.0 Å². The van der Waals surface area contributed by atoms with Crippen LogP contribution in [0, 0.1) is 0 Å². The number of nitrogens with one attached hydrogen (secondary N) is 1. The smallest absolute Gasteiger partial charge is 0.337 e. The fourth-order valence-corrected chi connectivity index (χ4v) is 10.2. The van der Waals surface area contributed by atoms with Crippen LogP contribution < -0.4 is 21.4 Å². The maximum atomic E-state index is 11.9. The van der Waals surface area contributed by atoms with Gasteiger partial charge in [-0.05, 0) is 56.3 Å². The zero-order valence-corrected chi connectivity index (χ0v) is 23.3. The first-order valence-electron chi connectivity index (χ1n) is 11.8. The van der Waals surface area contributed by atoms with Crippen molar-refractivity contribution in [2.45, 2.75) is 44.3 Å². The number of carbonyl (C=O) groups is 1. The molecule has 1 aliphatic rings. The van der Waals surface area contributed by atoms with Crippen LogP contribution in [0.15, 0.2) is 77.3 Å². The Morgan fingerprint density at radius 3 is 2.00 bits per heavy atom. The average Bonchev–Trinajstić information content (AvgIpc) is 3.61. The van der Waals surface area contributed by atoms with E-state index in [1.165, 1.54) is 17.5 Å². The summed E-state index contributed by atoms with van der Waals surface area (Å²) < 4.78 is 13.0. The summed E-state index contributed by atoms with van der Waals surface area (Å²) in [6, 6.07) is 24.8. The van der Waals surface area contributed by atoms with Crippen LogP contribution >= 0.6 is 15.9 Å². The van der Waals surface area contributed by atoms with Gasteiger partial charge in [-0.3, -0.25) is 0 Å². The molecule has 3 aromatic carbocycles. The zero-order valence-electron chi connectivity index (χ0n) is 20.7. The summed E-state index contributed by atoms with van der Waals surface area (Å²) in [5.74, 6) is -0.419. The molecule has 1 aliphatic carbocycles. The van der Waals surface area contributed by atoms with Gasteiger partial charge in [-0.1, -0.05) is 81.4 Å². The maximum Gasteiger partial charge on any atom is 0.337 e. The van der Waals surface area contributed by atoms with Gasteiger partial charge >= 0.3 is 5.97 Å². The lowest BCUT2D eigenvalue weighted by Crippen LogP contribution is -2.68. The first-order valence-corrected chi connectivity index (χ1v) is 14.5. The van der Waals surface area contributed by atoms with Gasteiger partial charge in [-0.2, -0.15) is 0 Å². The monoisotopic (exact) mass is 552 g/mol. The van der Waals surface area contributed by atoms with Crippen LogP contribution in [0.2, 0.25) is 5.04 Å². The summed E-state index contributed by atoms with van der Waals surface area (Å²) in [7, 11) is -1.30. The molecule has 7 heteroatoms. The van der Waals surface area contributed by atoms with Gasteiger partial charge in [-0.25, -0.2) is 4.79 Å². The number of nitrogens with two attached hydrogens (primary N) is 1. The largest absolute Gasteiger partial charge is 0.465 e. The zero-order chi connectivity index (χ0) is 25.3. The number of ether oxygens (including phenoxy) is 1. The predicted molar refractivity (Wildman–Crippen MR) is 149 cm³/mol. The van der Waals surface area contributed by atoms with E-state index in [9.17, 15) is 4.79 Å². The highest BCUT2D eigenvalue weighted by molar-refractivity contribution is 9.10. The van der Waals surface area contributed by atoms with Crippen LogP contribution in [0.25, 0.3) is 0 Å². The second kappa shape index (κ2) is 9.80. The SMILES string of the molecule is COC(=O)c1cc(N)c(NCC2(O[Si](c3ccccc3)(c3ccccc3)C(C)(C)C)CC2)c(Br)c1. The molecule has 0 bridgehead atoms. The minimum atomic E-state index is -2.66. The lowest BCUT2D eigenvalue weighted by Gasteiger charge is -2.45. The number of hydrogen-bond donors (Lipinski definition) is 2. The van der Waals surface area contributed by atoms with Gasteiger partial charge in [0, 0.05) is 11.0 Å². The topological polar surface area (TPSA) is 73.6 Å². The Bertz CT molecular complexity index is 1130. The van der Waals surface area contributed by atoms with Gasteiger partial charge in [0.1, 0.15) is 0 Å². The highest BCUT2D eigenvalue weighted by Gasteiger charge is 2.58. The number of methoxy groups -OCH3 is 1. The summed E-state index contributed by atoms with van der Waals surface area (Å²) in [6.45, 7) is 7.51. The molecule has 0 aliphatic heterocycles. The number of carbonyl (C=O) groups excluding carboxylic acids is 1. The number of anilines is 2. The highest BCUT2D eigenvalue weighted by Crippen LogP contribution is 2.48. The molecule has 184 valence electrons. The summed E-state index contributed by atoms with van der Waals surface area (Å²) in [4.78, 5) is 11.9. The predicted octanol–water partition coefficient (Wildman–Crippen LogP) is 5.34. The second-order valence-electron chi connectivity index (χ2n) is 10.2. The summed E-state index contributed by atoms with van der Waals surface area (Å²) in [5, 5.41) is 5.97. The Morgan fingerprint density at radius 1 is 1.03 bits per heavy atom. The molecular weight excluding hydrogens is 520 g/mol. The molecule has 0 spiro atoms. The third-order valence-corrected chi connectivity index (χ3v) is 12.5. The van der Waals surface area contributed by atoms with Crippen molar-refractivity contribution in [1.82, 2.24) is 0 Å². The Kier molecular flexibility index (Phi) is 7.13. The van der Waals surface area contributed by atoms with E-state index in [1.54, 1.807) is 12.1 Å². The van der Waals surface area contributed by atoms with Crippen molar-refractivity contribution in [3.63, 3.8) is 0 Å². The molecule has 5 nitrogen and oxygen atoms in total. The molecule has 0 unspecified atom stereocenters. The summed E-state index contributed by atoms with van der Waals surface area (Å²) >= 11 is 3.57. The lowest BCUT2D eigenvalue weighted by molar-refractivity contribution is 0.0600. The maximum absolute atomic E-state index is 11.9. The van der Waals surface area contributed by atoms with Crippen LogP contribution in [0.1, 0.15) is 44.0 Å². The van der Waals surface area contributed by atoms with E-state index in [1.807, 2.05) is 0 Å². The molecular formula is C28H33BrN2O3Si. The van der Waals surface area contributed by atoms with E-state index in [2.05, 4.69) is 103 Å². The number of halogens is 1. The van der Waals surface area contributed by atoms with E-state index in [0.717, 1.165) is 23.0 Å². The van der Waals surface area contributed by atoms with Gasteiger partial charge < -0.3 is 20.2 Å². The normalized spacial score (nSPS) is 14.9. The molecule has 1 fully saturated rings. The Balaban J connectivity index is 1.68. The van der Waals surface area contributed by atoms with Gasteiger partial charge in [-0.15, -0.1) is 0 Å². The third-order valence-electron chi connectivity index (χ3n) is 6.72. The quantitative estimate of drug-likeness (QED) is 0.224. The minimum Gasteiger partial charge on any atom is -0.465 e. The van der Waals surface area contributed by atoms with E-state index in [-0.39, 0.29) is 10.6 Å². The molecule has 3 aromatic rings.